The van der Waals surface area contributed by atoms with Gasteiger partial charge in [-0.3, -0.25) is 4.98 Å². The quantitative estimate of drug-likeness (QED) is 0.624. The van der Waals surface area contributed by atoms with Crippen LogP contribution >= 0.6 is 37.2 Å². The molecule has 2 rings (SSSR count). The second kappa shape index (κ2) is 6.29. The van der Waals surface area contributed by atoms with Gasteiger partial charge in [-0.25, -0.2) is 0 Å². The first-order chi connectivity index (χ1) is 6.97. The Morgan fingerprint density at radius 2 is 1.40 bits per heavy atom. The topological polar surface area (TPSA) is 12.9 Å². The second-order valence-corrected chi connectivity index (χ2v) is 18.1. The third-order valence-electron chi connectivity index (χ3n) is 1.55. The summed E-state index contributed by atoms with van der Waals surface area (Å²) in [5.41, 5.74) is 0. The number of rotatable bonds is 0. The van der Waals surface area contributed by atoms with E-state index in [1.54, 1.807) is 0 Å². The first-order valence-electron chi connectivity index (χ1n) is 4.01. The fraction of sp³-hybridized carbons (Fsp3) is 0. The summed E-state index contributed by atoms with van der Waals surface area (Å²) in [6, 6.07) is 10.2. The van der Waals surface area contributed by atoms with Crippen molar-refractivity contribution in [3.8, 4) is 0 Å². The van der Waals surface area contributed by atoms with Crippen molar-refractivity contribution in [3.63, 3.8) is 0 Å². The van der Waals surface area contributed by atoms with Crippen molar-refractivity contribution in [2.75, 3.05) is 0 Å². The number of aromatic nitrogens is 1. The summed E-state index contributed by atoms with van der Waals surface area (Å²) in [4.78, 5) is 4.01. The van der Waals surface area contributed by atoms with Gasteiger partial charge in [0.1, 0.15) is 0 Å². The molecule has 1 aromatic carbocycles. The molecule has 15 heavy (non-hydrogen) atoms. The van der Waals surface area contributed by atoms with E-state index in [4.69, 9.17) is 37.2 Å². The molecule has 1 nitrogen and oxygen atoms in total. The molecule has 0 bridgehead atoms. The number of fused-ring (bicyclic) bond motifs is 1. The van der Waals surface area contributed by atoms with Crippen LogP contribution in [-0.2, 0) is 12.3 Å². The Hall–Kier alpha value is 0.504. The molecular formula is C9H7Cl4NTi. The molecule has 0 aliphatic rings. The van der Waals surface area contributed by atoms with E-state index in [0.29, 0.717) is 0 Å². The Labute approximate surface area is 107 Å². The van der Waals surface area contributed by atoms with Gasteiger partial charge in [0.2, 0.25) is 0 Å². The van der Waals surface area contributed by atoms with Crippen molar-refractivity contribution in [2.45, 2.75) is 0 Å². The molecule has 0 aliphatic heterocycles. The molecule has 0 N–H and O–H groups in total. The van der Waals surface area contributed by atoms with Gasteiger partial charge in [0.25, 0.3) is 0 Å². The van der Waals surface area contributed by atoms with Crippen LogP contribution in [0.25, 0.3) is 10.8 Å². The Morgan fingerprint density at radius 3 is 1.93 bits per heavy atom. The maximum absolute atomic E-state index is 5.01. The Bertz CT molecular complexity index is 358. The molecule has 0 unspecified atom stereocenters. The number of pyridine rings is 1. The fourth-order valence-corrected chi connectivity index (χ4v) is 1.03. The van der Waals surface area contributed by atoms with Crippen molar-refractivity contribution < 1.29 is 12.3 Å². The van der Waals surface area contributed by atoms with Gasteiger partial charge in [-0.15, -0.1) is 0 Å². The Kier molecular flexibility index (Phi) is 5.69. The van der Waals surface area contributed by atoms with Crippen molar-refractivity contribution in [3.05, 3.63) is 42.7 Å². The standard InChI is InChI=1S/C9H7N.4ClH.Ti/c1-2-4-9-7-10-6-5-8(9)3-1;;;;;/h1-7H;4*1H;/q;;;;;+4/p-4. The molecule has 2 aromatic rings. The summed E-state index contributed by atoms with van der Waals surface area (Å²) in [6.45, 7) is 0. The zero-order valence-electron chi connectivity index (χ0n) is 7.50. The zero-order valence-corrected chi connectivity index (χ0v) is 12.1. The molecule has 80 valence electrons. The molecule has 0 atom stereocenters. The van der Waals surface area contributed by atoms with E-state index in [9.17, 15) is 0 Å². The summed E-state index contributed by atoms with van der Waals surface area (Å²) in [5.74, 6) is 0. The molecule has 1 heterocycles. The van der Waals surface area contributed by atoms with Crippen molar-refractivity contribution >= 4 is 48.0 Å². The minimum absolute atomic E-state index is 1.20. The van der Waals surface area contributed by atoms with Gasteiger partial charge in [0.15, 0.2) is 0 Å². The number of benzene rings is 1. The van der Waals surface area contributed by atoms with Crippen molar-refractivity contribution in [1.29, 1.82) is 0 Å². The van der Waals surface area contributed by atoms with Crippen LogP contribution in [-0.4, -0.2) is 4.98 Å². The summed E-state index contributed by atoms with van der Waals surface area (Å²) in [5, 5.41) is 2.45. The predicted molar refractivity (Wildman–Crippen MR) is 65.2 cm³/mol. The normalized spacial score (nSPS) is 10.7. The van der Waals surface area contributed by atoms with Crippen LogP contribution < -0.4 is 0 Å². The molecule has 0 saturated heterocycles. The van der Waals surface area contributed by atoms with Crippen LogP contribution in [0.5, 0.6) is 0 Å². The van der Waals surface area contributed by atoms with Crippen molar-refractivity contribution in [2.24, 2.45) is 0 Å². The van der Waals surface area contributed by atoms with Crippen LogP contribution in [0, 0.1) is 0 Å². The van der Waals surface area contributed by atoms with Gasteiger partial charge in [0, 0.05) is 12.4 Å². The molecule has 0 radical (unpaired) electrons. The Balaban J connectivity index is 0.000000195. The molecule has 6 heteroatoms. The minimum atomic E-state index is -3.11. The van der Waals surface area contributed by atoms with Gasteiger partial charge in [-0.2, -0.15) is 0 Å². The largest absolute Gasteiger partial charge is 0.264 e. The molecule has 0 fully saturated rings. The van der Waals surface area contributed by atoms with Crippen molar-refractivity contribution in [1.82, 2.24) is 4.98 Å². The molecule has 0 aliphatic carbocycles. The maximum atomic E-state index is 5.01. The van der Waals surface area contributed by atoms with E-state index < -0.39 is 12.3 Å². The number of nitrogens with zero attached hydrogens (tertiary/aromatic N) is 1. The van der Waals surface area contributed by atoms with E-state index in [2.05, 4.69) is 17.1 Å². The van der Waals surface area contributed by atoms with E-state index in [1.807, 2.05) is 30.6 Å². The van der Waals surface area contributed by atoms with Gasteiger partial charge in [-0.05, 0) is 16.8 Å². The summed E-state index contributed by atoms with van der Waals surface area (Å²) < 4.78 is 0. The molecule has 0 saturated carbocycles. The third kappa shape index (κ3) is 6.62. The molecule has 0 amide bonds. The summed E-state index contributed by atoms with van der Waals surface area (Å²) in [7, 11) is 20.1. The number of halogens is 4. The van der Waals surface area contributed by atoms with Gasteiger partial charge in [-0.1, -0.05) is 24.3 Å². The number of hydrogen-bond donors (Lipinski definition) is 0. The van der Waals surface area contributed by atoms with Crippen LogP contribution in [0.2, 0.25) is 0 Å². The fourth-order valence-electron chi connectivity index (χ4n) is 1.03. The minimum Gasteiger partial charge on any atom is -0.264 e. The average molecular weight is 319 g/mol. The average Bonchev–Trinajstić information content (AvgIpc) is 2.16. The first kappa shape index (κ1) is 13.6. The molecular weight excluding hydrogens is 312 g/mol. The van der Waals surface area contributed by atoms with Gasteiger partial charge in [0.05, 0.1) is 0 Å². The van der Waals surface area contributed by atoms with Gasteiger partial charge >= 0.3 is 49.6 Å². The van der Waals surface area contributed by atoms with Crippen LogP contribution in [0.3, 0.4) is 0 Å². The van der Waals surface area contributed by atoms with E-state index in [1.165, 1.54) is 10.8 Å². The van der Waals surface area contributed by atoms with Crippen LogP contribution in [0.15, 0.2) is 42.7 Å². The predicted octanol–water partition coefficient (Wildman–Crippen LogP) is 4.99. The SMILES string of the molecule is [Cl][Ti]([Cl])([Cl])[Cl].c1ccc2cnccc2c1. The molecule has 1 aromatic heterocycles. The molecule has 0 spiro atoms. The smallest absolute Gasteiger partial charge is 0.0346 e. The third-order valence-corrected chi connectivity index (χ3v) is 1.55. The second-order valence-electron chi connectivity index (χ2n) is 2.65. The van der Waals surface area contributed by atoms with E-state index in [0.717, 1.165) is 0 Å². The van der Waals surface area contributed by atoms with E-state index in [-0.39, 0.29) is 0 Å². The van der Waals surface area contributed by atoms with Crippen LogP contribution in [0.4, 0.5) is 0 Å². The zero-order chi connectivity index (χ0) is 11.3. The monoisotopic (exact) mass is 317 g/mol. The van der Waals surface area contributed by atoms with E-state index >= 15 is 0 Å². The van der Waals surface area contributed by atoms with Gasteiger partial charge < -0.3 is 0 Å². The first-order valence-corrected chi connectivity index (χ1v) is 12.6. The maximum Gasteiger partial charge on any atom is 0.0346 e. The Morgan fingerprint density at radius 1 is 0.867 bits per heavy atom. The summed E-state index contributed by atoms with van der Waals surface area (Å²) in [6.07, 6.45) is 3.68. The number of hydrogen-bond acceptors (Lipinski definition) is 1. The summed E-state index contributed by atoms with van der Waals surface area (Å²) >= 11 is -3.11. The van der Waals surface area contributed by atoms with Crippen LogP contribution in [0.1, 0.15) is 0 Å².